The fourth-order valence-electron chi connectivity index (χ4n) is 2.08. The molecule has 0 radical (unpaired) electrons. The van der Waals surface area contributed by atoms with Crippen molar-refractivity contribution in [2.24, 2.45) is 0 Å². The molecule has 0 bridgehead atoms. The van der Waals surface area contributed by atoms with Crippen LogP contribution in [0.4, 0.5) is 0 Å². The van der Waals surface area contributed by atoms with Crippen LogP contribution in [0.15, 0.2) is 48.7 Å². The third-order valence-electron chi connectivity index (χ3n) is 3.01. The summed E-state index contributed by atoms with van der Waals surface area (Å²) in [6, 6.07) is 14.4. The van der Waals surface area contributed by atoms with Gasteiger partial charge in [0.2, 0.25) is 5.28 Å². The topological polar surface area (TPSA) is 25.8 Å². The molecule has 0 amide bonds. The number of hydrogen-bond acceptors (Lipinski definition) is 2. The van der Waals surface area contributed by atoms with Gasteiger partial charge < -0.3 is 0 Å². The second-order valence-electron chi connectivity index (χ2n) is 4.23. The highest BCUT2D eigenvalue weighted by Gasteiger charge is 2.03. The van der Waals surface area contributed by atoms with Crippen LogP contribution in [-0.4, -0.2) is 9.97 Å². The van der Waals surface area contributed by atoms with E-state index in [9.17, 15) is 0 Å². The van der Waals surface area contributed by atoms with Crippen LogP contribution >= 0.6 is 11.6 Å². The van der Waals surface area contributed by atoms with Gasteiger partial charge in [0.25, 0.3) is 0 Å². The van der Waals surface area contributed by atoms with Crippen LogP contribution in [0.25, 0.3) is 22.0 Å². The largest absolute Gasteiger partial charge is 0.226 e. The Hall–Kier alpha value is -1.93. The number of aromatic nitrogens is 2. The molecule has 3 heteroatoms. The van der Waals surface area contributed by atoms with Gasteiger partial charge in [0.05, 0.1) is 5.52 Å². The molecule has 0 saturated heterocycles. The van der Waals surface area contributed by atoms with Crippen molar-refractivity contribution in [2.45, 2.75) is 6.92 Å². The predicted molar refractivity (Wildman–Crippen MR) is 74.7 cm³/mol. The van der Waals surface area contributed by atoms with E-state index < -0.39 is 0 Å². The van der Waals surface area contributed by atoms with E-state index in [0.717, 1.165) is 10.9 Å². The summed E-state index contributed by atoms with van der Waals surface area (Å²) in [6.07, 6.45) is 1.76. The number of halogens is 1. The molecule has 88 valence electrons. The van der Waals surface area contributed by atoms with E-state index in [-0.39, 0.29) is 5.28 Å². The number of rotatable bonds is 1. The molecule has 2 aromatic carbocycles. The number of fused-ring (bicyclic) bond motifs is 1. The monoisotopic (exact) mass is 254 g/mol. The first-order chi connectivity index (χ1) is 8.74. The van der Waals surface area contributed by atoms with E-state index in [0.29, 0.717) is 0 Å². The Balaban J connectivity index is 2.20. The SMILES string of the molecule is Cc1ccccc1-c1ccc2nc(Cl)ncc2c1. The molecule has 18 heavy (non-hydrogen) atoms. The van der Waals surface area contributed by atoms with Crippen molar-refractivity contribution in [3.05, 3.63) is 59.5 Å². The van der Waals surface area contributed by atoms with Gasteiger partial charge >= 0.3 is 0 Å². The maximum absolute atomic E-state index is 5.78. The third-order valence-corrected chi connectivity index (χ3v) is 3.19. The van der Waals surface area contributed by atoms with E-state index in [1.165, 1.54) is 16.7 Å². The Morgan fingerprint density at radius 2 is 1.89 bits per heavy atom. The van der Waals surface area contributed by atoms with Gasteiger partial charge in [-0.2, -0.15) is 0 Å². The normalized spacial score (nSPS) is 10.8. The molecule has 0 fully saturated rings. The zero-order valence-electron chi connectivity index (χ0n) is 9.89. The zero-order chi connectivity index (χ0) is 12.5. The van der Waals surface area contributed by atoms with Gasteiger partial charge in [0.15, 0.2) is 0 Å². The Morgan fingerprint density at radius 1 is 1.06 bits per heavy atom. The molecule has 0 aliphatic carbocycles. The molecule has 0 spiro atoms. The lowest BCUT2D eigenvalue weighted by molar-refractivity contribution is 1.22. The fraction of sp³-hybridized carbons (Fsp3) is 0.0667. The van der Waals surface area contributed by atoms with Crippen LogP contribution in [0, 0.1) is 6.92 Å². The molecule has 0 unspecified atom stereocenters. The number of aryl methyl sites for hydroxylation is 1. The van der Waals surface area contributed by atoms with Crippen molar-refractivity contribution in [1.82, 2.24) is 9.97 Å². The average molecular weight is 255 g/mol. The first-order valence-corrected chi connectivity index (χ1v) is 6.10. The lowest BCUT2D eigenvalue weighted by Crippen LogP contribution is -1.86. The fourth-order valence-corrected chi connectivity index (χ4v) is 2.21. The second kappa shape index (κ2) is 4.39. The summed E-state index contributed by atoms with van der Waals surface area (Å²) in [4.78, 5) is 8.21. The number of nitrogens with zero attached hydrogens (tertiary/aromatic N) is 2. The Labute approximate surface area is 110 Å². The molecule has 0 atom stereocenters. The van der Waals surface area contributed by atoms with E-state index in [1.807, 2.05) is 18.2 Å². The van der Waals surface area contributed by atoms with Crippen LogP contribution in [0.3, 0.4) is 0 Å². The van der Waals surface area contributed by atoms with Gasteiger partial charge in [-0.15, -0.1) is 0 Å². The first-order valence-electron chi connectivity index (χ1n) is 5.72. The Bertz CT molecular complexity index is 723. The van der Waals surface area contributed by atoms with Gasteiger partial charge in [-0.25, -0.2) is 9.97 Å². The highest BCUT2D eigenvalue weighted by molar-refractivity contribution is 6.28. The van der Waals surface area contributed by atoms with Crippen LogP contribution < -0.4 is 0 Å². The minimum atomic E-state index is 0.283. The molecule has 3 rings (SSSR count). The molecule has 0 aliphatic heterocycles. The van der Waals surface area contributed by atoms with Gasteiger partial charge in [-0.1, -0.05) is 30.3 Å². The molecule has 1 heterocycles. The molecular weight excluding hydrogens is 244 g/mol. The number of hydrogen-bond donors (Lipinski definition) is 0. The molecular formula is C15H11ClN2. The van der Waals surface area contributed by atoms with Crippen LogP contribution in [-0.2, 0) is 0 Å². The maximum Gasteiger partial charge on any atom is 0.222 e. The summed E-state index contributed by atoms with van der Waals surface area (Å²) in [7, 11) is 0. The molecule has 0 saturated carbocycles. The minimum absolute atomic E-state index is 0.283. The van der Waals surface area contributed by atoms with E-state index >= 15 is 0 Å². The summed E-state index contributed by atoms with van der Waals surface area (Å²) in [6.45, 7) is 2.11. The average Bonchev–Trinajstić information content (AvgIpc) is 2.39. The number of benzene rings is 2. The smallest absolute Gasteiger partial charge is 0.222 e. The summed E-state index contributed by atoms with van der Waals surface area (Å²) in [5, 5.41) is 1.28. The molecule has 0 aliphatic rings. The summed E-state index contributed by atoms with van der Waals surface area (Å²) in [5.41, 5.74) is 4.53. The lowest BCUT2D eigenvalue weighted by Gasteiger charge is -2.06. The summed E-state index contributed by atoms with van der Waals surface area (Å²) < 4.78 is 0. The quantitative estimate of drug-likeness (QED) is 0.607. The van der Waals surface area contributed by atoms with Gasteiger partial charge in [-0.3, -0.25) is 0 Å². The van der Waals surface area contributed by atoms with Crippen LogP contribution in [0.1, 0.15) is 5.56 Å². The van der Waals surface area contributed by atoms with Crippen molar-refractivity contribution >= 4 is 22.5 Å². The van der Waals surface area contributed by atoms with Gasteiger partial charge in [-0.05, 0) is 47.3 Å². The van der Waals surface area contributed by atoms with Crippen molar-refractivity contribution < 1.29 is 0 Å². The van der Waals surface area contributed by atoms with Crippen molar-refractivity contribution in [3.8, 4) is 11.1 Å². The van der Waals surface area contributed by atoms with Gasteiger partial charge in [0, 0.05) is 11.6 Å². The van der Waals surface area contributed by atoms with Crippen molar-refractivity contribution in [2.75, 3.05) is 0 Å². The highest BCUT2D eigenvalue weighted by Crippen LogP contribution is 2.26. The van der Waals surface area contributed by atoms with E-state index in [1.54, 1.807) is 6.20 Å². The van der Waals surface area contributed by atoms with E-state index in [4.69, 9.17) is 11.6 Å². The Morgan fingerprint density at radius 3 is 2.72 bits per heavy atom. The standard InChI is InChI=1S/C15H11ClN2/c1-10-4-2-3-5-13(10)11-6-7-14-12(8-11)9-17-15(16)18-14/h2-9H,1H3. The van der Waals surface area contributed by atoms with Crippen LogP contribution in [0.2, 0.25) is 5.28 Å². The van der Waals surface area contributed by atoms with Crippen molar-refractivity contribution in [3.63, 3.8) is 0 Å². The lowest BCUT2D eigenvalue weighted by atomic mass is 9.99. The van der Waals surface area contributed by atoms with Crippen molar-refractivity contribution in [1.29, 1.82) is 0 Å². The van der Waals surface area contributed by atoms with Crippen LogP contribution in [0.5, 0.6) is 0 Å². The summed E-state index contributed by atoms with van der Waals surface area (Å²) >= 11 is 5.78. The molecule has 3 aromatic rings. The first kappa shape index (κ1) is 11.2. The Kier molecular flexibility index (Phi) is 2.73. The predicted octanol–water partition coefficient (Wildman–Crippen LogP) is 4.26. The molecule has 1 aromatic heterocycles. The zero-order valence-corrected chi connectivity index (χ0v) is 10.6. The molecule has 0 N–H and O–H groups in total. The molecule has 2 nitrogen and oxygen atoms in total. The third kappa shape index (κ3) is 1.95. The minimum Gasteiger partial charge on any atom is -0.226 e. The van der Waals surface area contributed by atoms with Gasteiger partial charge in [0.1, 0.15) is 0 Å². The highest BCUT2D eigenvalue weighted by atomic mass is 35.5. The van der Waals surface area contributed by atoms with E-state index in [2.05, 4.69) is 41.2 Å². The maximum atomic E-state index is 5.78. The second-order valence-corrected chi connectivity index (χ2v) is 4.57. The summed E-state index contributed by atoms with van der Waals surface area (Å²) in [5.74, 6) is 0.